The molecule has 1 amide bonds. The molecule has 0 radical (unpaired) electrons. The minimum Gasteiger partial charge on any atom is -0.396 e. The summed E-state index contributed by atoms with van der Waals surface area (Å²) in [4.78, 5) is 15.5. The minimum atomic E-state index is 0.0502. The molecular weight excluding hydrogens is 244 g/mol. The van der Waals surface area contributed by atoms with E-state index in [0.29, 0.717) is 26.0 Å². The van der Waals surface area contributed by atoms with E-state index in [1.165, 1.54) is 0 Å². The fourth-order valence-corrected chi connectivity index (χ4v) is 1.22. The molecule has 0 atom stereocenters. The van der Waals surface area contributed by atoms with Crippen LogP contribution in [-0.2, 0) is 9.63 Å². The van der Waals surface area contributed by atoms with E-state index in [1.807, 2.05) is 27.7 Å². The first-order valence-corrected chi connectivity index (χ1v) is 7.50. The van der Waals surface area contributed by atoms with Gasteiger partial charge in [-0.25, -0.2) is 5.90 Å². The van der Waals surface area contributed by atoms with Crippen molar-refractivity contribution in [3.63, 3.8) is 0 Å². The Morgan fingerprint density at radius 1 is 1.05 bits per heavy atom. The Hall–Kier alpha value is -0.650. The van der Waals surface area contributed by atoms with Crippen LogP contribution >= 0.6 is 0 Å². The fourth-order valence-electron chi connectivity index (χ4n) is 1.22. The fraction of sp³-hybridized carbons (Fsp3) is 0.929. The number of rotatable bonds is 10. The van der Waals surface area contributed by atoms with Crippen LogP contribution < -0.4 is 11.2 Å². The van der Waals surface area contributed by atoms with E-state index < -0.39 is 0 Å². The molecule has 0 saturated carbocycles. The van der Waals surface area contributed by atoms with Crippen molar-refractivity contribution in [3.8, 4) is 0 Å². The maximum atomic E-state index is 11.2. The van der Waals surface area contributed by atoms with Crippen LogP contribution in [0.1, 0.15) is 66.2 Å². The highest BCUT2D eigenvalue weighted by molar-refractivity contribution is 5.75. The van der Waals surface area contributed by atoms with Crippen LogP contribution in [0.5, 0.6) is 0 Å². The second-order valence-electron chi connectivity index (χ2n) is 3.46. The molecule has 0 aromatic rings. The maximum absolute atomic E-state index is 11.2. The van der Waals surface area contributed by atoms with E-state index >= 15 is 0 Å². The molecule has 0 fully saturated rings. The van der Waals surface area contributed by atoms with Crippen LogP contribution in [0.15, 0.2) is 0 Å². The summed E-state index contributed by atoms with van der Waals surface area (Å²) in [6.45, 7) is 9.39. The Balaban J connectivity index is -0.000000579. The SMILES string of the molecule is CC.CC.NOCCCC(=O)NCCCCCCO. The summed E-state index contributed by atoms with van der Waals surface area (Å²) >= 11 is 0. The number of hydrogen-bond donors (Lipinski definition) is 3. The molecule has 5 heteroatoms. The Labute approximate surface area is 118 Å². The lowest BCUT2D eigenvalue weighted by atomic mass is 10.2. The highest BCUT2D eigenvalue weighted by atomic mass is 16.6. The molecule has 118 valence electrons. The standard InChI is InChI=1S/C10H22N2O3.2C2H6/c11-15-9-5-6-10(14)12-7-3-1-2-4-8-13;2*1-2/h13H,1-9,11H2,(H,12,14);2*1-2H3. The summed E-state index contributed by atoms with van der Waals surface area (Å²) in [6.07, 6.45) is 5.02. The minimum absolute atomic E-state index is 0.0502. The molecule has 0 aliphatic rings. The van der Waals surface area contributed by atoms with Crippen LogP contribution in [0, 0.1) is 0 Å². The third kappa shape index (κ3) is 26.8. The van der Waals surface area contributed by atoms with Gasteiger partial charge in [-0.1, -0.05) is 40.5 Å². The first-order valence-electron chi connectivity index (χ1n) is 7.50. The number of nitrogens with one attached hydrogen (secondary N) is 1. The zero-order valence-electron chi connectivity index (χ0n) is 13.2. The van der Waals surface area contributed by atoms with Gasteiger partial charge in [0.05, 0.1) is 6.61 Å². The summed E-state index contributed by atoms with van der Waals surface area (Å²) in [5.41, 5.74) is 0. The number of hydrogen-bond acceptors (Lipinski definition) is 4. The van der Waals surface area contributed by atoms with E-state index in [1.54, 1.807) is 0 Å². The molecule has 19 heavy (non-hydrogen) atoms. The molecule has 0 unspecified atom stereocenters. The van der Waals surface area contributed by atoms with Gasteiger partial charge in [-0.2, -0.15) is 0 Å². The lowest BCUT2D eigenvalue weighted by Crippen LogP contribution is -2.24. The van der Waals surface area contributed by atoms with E-state index in [-0.39, 0.29) is 12.5 Å². The average Bonchev–Trinajstić information content (AvgIpc) is 2.47. The Bertz CT molecular complexity index is 156. The normalized spacial score (nSPS) is 8.74. The van der Waals surface area contributed by atoms with Gasteiger partial charge in [0.15, 0.2) is 0 Å². The highest BCUT2D eigenvalue weighted by Crippen LogP contribution is 1.97. The number of unbranched alkanes of at least 4 members (excludes halogenated alkanes) is 3. The first-order chi connectivity index (χ1) is 9.31. The molecule has 0 rings (SSSR count). The first kappa shape index (κ1) is 23.4. The van der Waals surface area contributed by atoms with Crippen LogP contribution in [0.4, 0.5) is 0 Å². The summed E-state index contributed by atoms with van der Waals surface area (Å²) in [5.74, 6) is 4.88. The van der Waals surface area contributed by atoms with Crippen LogP contribution in [-0.4, -0.2) is 30.8 Å². The summed E-state index contributed by atoms with van der Waals surface area (Å²) in [5, 5.41) is 11.4. The van der Waals surface area contributed by atoms with Crippen molar-refractivity contribution in [3.05, 3.63) is 0 Å². The van der Waals surface area contributed by atoms with E-state index in [2.05, 4.69) is 10.2 Å². The summed E-state index contributed by atoms with van der Waals surface area (Å²) in [7, 11) is 0. The molecule has 5 nitrogen and oxygen atoms in total. The topological polar surface area (TPSA) is 84.6 Å². The number of carbonyl (C=O) groups is 1. The van der Waals surface area contributed by atoms with Crippen molar-refractivity contribution < 1.29 is 14.7 Å². The van der Waals surface area contributed by atoms with Crippen molar-refractivity contribution >= 4 is 5.91 Å². The van der Waals surface area contributed by atoms with Gasteiger partial charge < -0.3 is 15.3 Å². The van der Waals surface area contributed by atoms with Crippen molar-refractivity contribution in [1.29, 1.82) is 0 Å². The quantitative estimate of drug-likeness (QED) is 0.423. The van der Waals surface area contributed by atoms with E-state index in [0.717, 1.165) is 25.7 Å². The van der Waals surface area contributed by atoms with Gasteiger partial charge in [0, 0.05) is 19.6 Å². The van der Waals surface area contributed by atoms with Gasteiger partial charge in [0.2, 0.25) is 5.91 Å². The van der Waals surface area contributed by atoms with Gasteiger partial charge in [-0.05, 0) is 19.3 Å². The van der Waals surface area contributed by atoms with Crippen LogP contribution in [0.3, 0.4) is 0 Å². The maximum Gasteiger partial charge on any atom is 0.220 e. The van der Waals surface area contributed by atoms with E-state index in [9.17, 15) is 4.79 Å². The molecule has 0 saturated heterocycles. The van der Waals surface area contributed by atoms with E-state index in [4.69, 9.17) is 11.0 Å². The predicted octanol–water partition coefficient (Wildman–Crippen LogP) is 2.38. The number of aliphatic hydroxyl groups is 1. The molecular formula is C14H34N2O3. The third-order valence-corrected chi connectivity index (χ3v) is 2.07. The molecule has 0 aromatic carbocycles. The Morgan fingerprint density at radius 2 is 1.63 bits per heavy atom. The van der Waals surface area contributed by atoms with Crippen LogP contribution in [0.25, 0.3) is 0 Å². The molecule has 0 bridgehead atoms. The number of aliphatic hydroxyl groups excluding tert-OH is 1. The lowest BCUT2D eigenvalue weighted by molar-refractivity contribution is -0.121. The number of nitrogens with two attached hydrogens (primary N) is 1. The molecule has 0 aromatic heterocycles. The highest BCUT2D eigenvalue weighted by Gasteiger charge is 1.99. The summed E-state index contributed by atoms with van der Waals surface area (Å²) in [6, 6.07) is 0. The van der Waals surface area contributed by atoms with Gasteiger partial charge in [-0.15, -0.1) is 0 Å². The van der Waals surface area contributed by atoms with Crippen LogP contribution in [0.2, 0.25) is 0 Å². The zero-order valence-corrected chi connectivity index (χ0v) is 13.2. The zero-order chi connectivity index (χ0) is 15.4. The van der Waals surface area contributed by atoms with Crippen molar-refractivity contribution in [2.24, 2.45) is 5.90 Å². The molecule has 0 aliphatic carbocycles. The lowest BCUT2D eigenvalue weighted by Gasteiger charge is -2.04. The molecule has 4 N–H and O–H groups in total. The largest absolute Gasteiger partial charge is 0.396 e. The molecule has 0 spiro atoms. The van der Waals surface area contributed by atoms with Gasteiger partial charge in [0.1, 0.15) is 0 Å². The monoisotopic (exact) mass is 278 g/mol. The van der Waals surface area contributed by atoms with Crippen molar-refractivity contribution in [2.75, 3.05) is 19.8 Å². The Morgan fingerprint density at radius 3 is 2.16 bits per heavy atom. The Kier molecular flexibility index (Phi) is 32.1. The average molecular weight is 278 g/mol. The summed E-state index contributed by atoms with van der Waals surface area (Å²) < 4.78 is 0. The number of carbonyl (C=O) groups excluding carboxylic acids is 1. The van der Waals surface area contributed by atoms with Gasteiger partial charge in [0.25, 0.3) is 0 Å². The van der Waals surface area contributed by atoms with Crippen molar-refractivity contribution in [2.45, 2.75) is 66.2 Å². The van der Waals surface area contributed by atoms with Gasteiger partial charge in [-0.3, -0.25) is 4.79 Å². The van der Waals surface area contributed by atoms with Gasteiger partial charge >= 0.3 is 0 Å². The smallest absolute Gasteiger partial charge is 0.220 e. The predicted molar refractivity (Wildman–Crippen MR) is 80.6 cm³/mol. The molecule has 0 aliphatic heterocycles. The third-order valence-electron chi connectivity index (χ3n) is 2.07. The second-order valence-corrected chi connectivity index (χ2v) is 3.46. The molecule has 0 heterocycles. The number of amides is 1. The van der Waals surface area contributed by atoms with Crippen molar-refractivity contribution in [1.82, 2.24) is 5.32 Å². The second kappa shape index (κ2) is 26.0.